The summed E-state index contributed by atoms with van der Waals surface area (Å²) in [5.41, 5.74) is 1.60. The summed E-state index contributed by atoms with van der Waals surface area (Å²) in [6.45, 7) is 1.78. The fourth-order valence-electron chi connectivity index (χ4n) is 2.67. The first-order valence-electron chi connectivity index (χ1n) is 8.41. The summed E-state index contributed by atoms with van der Waals surface area (Å²) in [6.07, 6.45) is 1.42. The Labute approximate surface area is 160 Å². The SMILES string of the molecule is Cc1cccc(C(=O)NCc2ccc(NC(=O)c3ccco3)cc2)c1[N+](=O)[O-]. The van der Waals surface area contributed by atoms with E-state index in [4.69, 9.17) is 4.42 Å². The first kappa shape index (κ1) is 18.8. The van der Waals surface area contributed by atoms with Crippen molar-refractivity contribution in [1.82, 2.24) is 5.32 Å². The van der Waals surface area contributed by atoms with Crippen LogP contribution >= 0.6 is 0 Å². The smallest absolute Gasteiger partial charge is 0.291 e. The molecule has 0 atom stereocenters. The fraction of sp³-hybridized carbons (Fsp3) is 0.100. The van der Waals surface area contributed by atoms with Crippen LogP contribution in [0.25, 0.3) is 0 Å². The zero-order valence-corrected chi connectivity index (χ0v) is 15.0. The van der Waals surface area contributed by atoms with Gasteiger partial charge in [0, 0.05) is 17.8 Å². The molecule has 2 N–H and O–H groups in total. The molecule has 0 bridgehead atoms. The number of amides is 2. The van der Waals surface area contributed by atoms with Gasteiger partial charge in [0.15, 0.2) is 5.76 Å². The molecule has 0 fully saturated rings. The van der Waals surface area contributed by atoms with Crippen molar-refractivity contribution in [3.05, 3.63) is 93.4 Å². The van der Waals surface area contributed by atoms with Crippen LogP contribution in [0, 0.1) is 17.0 Å². The number of aryl methyl sites for hydroxylation is 1. The van der Waals surface area contributed by atoms with Crippen molar-refractivity contribution >= 4 is 23.2 Å². The van der Waals surface area contributed by atoms with Crippen LogP contribution < -0.4 is 10.6 Å². The zero-order valence-electron chi connectivity index (χ0n) is 15.0. The largest absolute Gasteiger partial charge is 0.459 e. The van der Waals surface area contributed by atoms with Gasteiger partial charge in [0.1, 0.15) is 5.56 Å². The van der Waals surface area contributed by atoms with Gasteiger partial charge in [-0.15, -0.1) is 0 Å². The summed E-state index contributed by atoms with van der Waals surface area (Å²) in [5.74, 6) is -0.681. The predicted octanol–water partition coefficient (Wildman–Crippen LogP) is 3.68. The highest BCUT2D eigenvalue weighted by molar-refractivity contribution is 6.02. The van der Waals surface area contributed by atoms with Gasteiger partial charge in [0.05, 0.1) is 11.2 Å². The maximum absolute atomic E-state index is 12.4. The Morgan fingerprint density at radius 2 is 1.79 bits per heavy atom. The summed E-state index contributed by atoms with van der Waals surface area (Å²) in [4.78, 5) is 34.9. The second-order valence-corrected chi connectivity index (χ2v) is 6.04. The van der Waals surface area contributed by atoms with E-state index in [1.54, 1.807) is 55.5 Å². The summed E-state index contributed by atoms with van der Waals surface area (Å²) in [5, 5.41) is 16.6. The molecule has 0 aliphatic heterocycles. The van der Waals surface area contributed by atoms with E-state index in [1.807, 2.05) is 0 Å². The van der Waals surface area contributed by atoms with Gasteiger partial charge in [-0.1, -0.05) is 24.3 Å². The van der Waals surface area contributed by atoms with Gasteiger partial charge in [-0.3, -0.25) is 19.7 Å². The molecule has 3 rings (SSSR count). The minimum atomic E-state index is -0.555. The van der Waals surface area contributed by atoms with E-state index in [-0.39, 0.29) is 29.5 Å². The highest BCUT2D eigenvalue weighted by atomic mass is 16.6. The molecule has 3 aromatic rings. The molecule has 0 aliphatic carbocycles. The van der Waals surface area contributed by atoms with Gasteiger partial charge in [0.25, 0.3) is 17.5 Å². The first-order chi connectivity index (χ1) is 13.5. The highest BCUT2D eigenvalue weighted by Gasteiger charge is 2.22. The van der Waals surface area contributed by atoms with Crippen LogP contribution in [-0.2, 0) is 6.54 Å². The topological polar surface area (TPSA) is 114 Å². The molecular formula is C20H17N3O5. The first-order valence-corrected chi connectivity index (χ1v) is 8.41. The molecule has 28 heavy (non-hydrogen) atoms. The van der Waals surface area contributed by atoms with Crippen molar-refractivity contribution < 1.29 is 18.9 Å². The fourth-order valence-corrected chi connectivity index (χ4v) is 2.67. The molecule has 0 radical (unpaired) electrons. The lowest BCUT2D eigenvalue weighted by atomic mass is 10.1. The molecule has 0 saturated carbocycles. The number of carbonyl (C=O) groups is 2. The van der Waals surface area contributed by atoms with Crippen LogP contribution in [0.2, 0.25) is 0 Å². The lowest BCUT2D eigenvalue weighted by molar-refractivity contribution is -0.385. The number of anilines is 1. The van der Waals surface area contributed by atoms with E-state index in [9.17, 15) is 19.7 Å². The molecule has 1 aromatic heterocycles. The molecule has 8 heteroatoms. The standard InChI is InChI=1S/C20H17N3O5/c1-13-4-2-5-16(18(13)23(26)27)19(24)21-12-14-7-9-15(10-8-14)22-20(25)17-6-3-11-28-17/h2-11H,12H2,1H3,(H,21,24)(H,22,25). The lowest BCUT2D eigenvalue weighted by Gasteiger charge is -2.08. The summed E-state index contributed by atoms with van der Waals surface area (Å²) in [6, 6.07) is 14.7. The molecule has 8 nitrogen and oxygen atoms in total. The molecule has 1 heterocycles. The van der Waals surface area contributed by atoms with Crippen LogP contribution in [0.5, 0.6) is 0 Å². The summed E-state index contributed by atoms with van der Waals surface area (Å²) in [7, 11) is 0. The second-order valence-electron chi connectivity index (χ2n) is 6.04. The molecule has 0 unspecified atom stereocenters. The highest BCUT2D eigenvalue weighted by Crippen LogP contribution is 2.23. The van der Waals surface area contributed by atoms with Gasteiger partial charge >= 0.3 is 0 Å². The van der Waals surface area contributed by atoms with Gasteiger partial charge in [-0.2, -0.15) is 0 Å². The lowest BCUT2D eigenvalue weighted by Crippen LogP contribution is -2.24. The Morgan fingerprint density at radius 1 is 1.04 bits per heavy atom. The van der Waals surface area contributed by atoms with Crippen LogP contribution in [-0.4, -0.2) is 16.7 Å². The Morgan fingerprint density at radius 3 is 2.43 bits per heavy atom. The van der Waals surface area contributed by atoms with Gasteiger partial charge in [-0.25, -0.2) is 0 Å². The normalized spacial score (nSPS) is 10.3. The molecule has 2 aromatic carbocycles. The minimum Gasteiger partial charge on any atom is -0.459 e. The average Bonchev–Trinajstić information content (AvgIpc) is 3.21. The number of para-hydroxylation sites is 1. The van der Waals surface area contributed by atoms with Crippen molar-refractivity contribution in [3.63, 3.8) is 0 Å². The van der Waals surface area contributed by atoms with Gasteiger partial charge in [0.2, 0.25) is 0 Å². The monoisotopic (exact) mass is 379 g/mol. The molecule has 142 valence electrons. The number of furan rings is 1. The van der Waals surface area contributed by atoms with Crippen molar-refractivity contribution in [1.29, 1.82) is 0 Å². The maximum atomic E-state index is 12.4. The van der Waals surface area contributed by atoms with Gasteiger partial charge < -0.3 is 15.1 Å². The molecule has 2 amide bonds. The number of rotatable bonds is 6. The van der Waals surface area contributed by atoms with E-state index in [1.165, 1.54) is 12.3 Å². The van der Waals surface area contributed by atoms with E-state index < -0.39 is 10.8 Å². The van der Waals surface area contributed by atoms with Crippen molar-refractivity contribution in [2.24, 2.45) is 0 Å². The Hall–Kier alpha value is -3.94. The number of hydrogen-bond acceptors (Lipinski definition) is 5. The third kappa shape index (κ3) is 4.24. The number of nitrogens with zero attached hydrogens (tertiary/aromatic N) is 1. The Bertz CT molecular complexity index is 1010. The summed E-state index contributed by atoms with van der Waals surface area (Å²) >= 11 is 0. The Balaban J connectivity index is 1.62. The van der Waals surface area contributed by atoms with Crippen LogP contribution in [0.1, 0.15) is 32.0 Å². The quantitative estimate of drug-likeness (QED) is 0.501. The van der Waals surface area contributed by atoms with Crippen LogP contribution in [0.15, 0.2) is 65.3 Å². The van der Waals surface area contributed by atoms with E-state index in [2.05, 4.69) is 10.6 Å². The van der Waals surface area contributed by atoms with E-state index in [0.717, 1.165) is 5.56 Å². The molecular weight excluding hydrogens is 362 g/mol. The number of nitrogens with one attached hydrogen (secondary N) is 2. The third-order valence-corrected chi connectivity index (χ3v) is 4.07. The van der Waals surface area contributed by atoms with Crippen LogP contribution in [0.4, 0.5) is 11.4 Å². The number of carbonyl (C=O) groups excluding carboxylic acids is 2. The number of nitro groups is 1. The van der Waals surface area contributed by atoms with E-state index >= 15 is 0 Å². The number of nitro benzene ring substituents is 1. The number of hydrogen-bond donors (Lipinski definition) is 2. The minimum absolute atomic E-state index is 0.0207. The molecule has 0 aliphatic rings. The van der Waals surface area contributed by atoms with E-state index in [0.29, 0.717) is 11.3 Å². The molecule has 0 saturated heterocycles. The van der Waals surface area contributed by atoms with Gasteiger partial charge in [-0.05, 0) is 42.8 Å². The average molecular weight is 379 g/mol. The molecule has 0 spiro atoms. The third-order valence-electron chi connectivity index (χ3n) is 4.07. The zero-order chi connectivity index (χ0) is 20.1. The van der Waals surface area contributed by atoms with Crippen molar-refractivity contribution in [2.75, 3.05) is 5.32 Å². The second kappa shape index (κ2) is 8.17. The number of benzene rings is 2. The van der Waals surface area contributed by atoms with Crippen LogP contribution in [0.3, 0.4) is 0 Å². The maximum Gasteiger partial charge on any atom is 0.291 e. The van der Waals surface area contributed by atoms with Crippen molar-refractivity contribution in [2.45, 2.75) is 13.5 Å². The Kier molecular flexibility index (Phi) is 5.50. The predicted molar refractivity (Wildman–Crippen MR) is 102 cm³/mol. The van der Waals surface area contributed by atoms with Crippen molar-refractivity contribution in [3.8, 4) is 0 Å². The summed E-state index contributed by atoms with van der Waals surface area (Å²) < 4.78 is 5.03.